The fraction of sp³-hybridized carbons (Fsp3) is 0.933. The van der Waals surface area contributed by atoms with E-state index in [-0.39, 0.29) is 18.3 Å². The van der Waals surface area contributed by atoms with E-state index in [0.717, 1.165) is 38.7 Å². The maximum Gasteiger partial charge on any atom is 0.240 e. The Labute approximate surface area is 128 Å². The molecule has 2 aliphatic carbocycles. The predicted molar refractivity (Wildman–Crippen MR) is 83.1 cm³/mol. The molecular weight excluding hydrogens is 276 g/mol. The maximum absolute atomic E-state index is 12.0. The number of rotatable bonds is 6. The summed E-state index contributed by atoms with van der Waals surface area (Å²) in [6, 6.07) is 0. The van der Waals surface area contributed by atoms with Gasteiger partial charge in [0.1, 0.15) is 0 Å². The molecule has 2 rings (SSSR count). The summed E-state index contributed by atoms with van der Waals surface area (Å²) >= 11 is 0. The summed E-state index contributed by atoms with van der Waals surface area (Å²) in [7, 11) is 0. The lowest BCUT2D eigenvalue weighted by molar-refractivity contribution is -0.126. The van der Waals surface area contributed by atoms with Crippen LogP contribution in [-0.4, -0.2) is 30.7 Å². The SMILES string of the molecule is Cl.NC1(C(=O)NCCCOC2CCCCC2)CCCC1. The molecule has 0 aromatic heterocycles. The van der Waals surface area contributed by atoms with E-state index in [4.69, 9.17) is 10.5 Å². The van der Waals surface area contributed by atoms with Crippen molar-refractivity contribution in [3.05, 3.63) is 0 Å². The van der Waals surface area contributed by atoms with Gasteiger partial charge in [-0.1, -0.05) is 32.1 Å². The van der Waals surface area contributed by atoms with Crippen molar-refractivity contribution < 1.29 is 9.53 Å². The van der Waals surface area contributed by atoms with Crippen LogP contribution >= 0.6 is 12.4 Å². The molecule has 1 amide bonds. The first kappa shape index (κ1) is 17.7. The normalized spacial score (nSPS) is 22.2. The zero-order chi connectivity index (χ0) is 13.6. The standard InChI is InChI=1S/C15H28N2O2.ClH/c16-15(9-4-5-10-15)14(18)17-11-6-12-19-13-7-2-1-3-8-13;/h13H,1-12,16H2,(H,17,18);1H. The Morgan fingerprint density at radius 1 is 1.15 bits per heavy atom. The first-order chi connectivity index (χ1) is 9.21. The molecule has 0 spiro atoms. The molecule has 0 radical (unpaired) electrons. The van der Waals surface area contributed by atoms with Gasteiger partial charge in [0.15, 0.2) is 0 Å². The molecule has 3 N–H and O–H groups in total. The van der Waals surface area contributed by atoms with Crippen molar-refractivity contribution in [2.24, 2.45) is 5.73 Å². The number of nitrogens with two attached hydrogens (primary N) is 1. The molecule has 2 aliphatic rings. The van der Waals surface area contributed by atoms with Crippen LogP contribution in [0.5, 0.6) is 0 Å². The van der Waals surface area contributed by atoms with Crippen molar-refractivity contribution in [1.29, 1.82) is 0 Å². The molecule has 0 aliphatic heterocycles. The molecule has 0 heterocycles. The Kier molecular flexibility index (Phi) is 7.85. The van der Waals surface area contributed by atoms with Crippen molar-refractivity contribution in [3.63, 3.8) is 0 Å². The second-order valence-electron chi connectivity index (χ2n) is 6.10. The van der Waals surface area contributed by atoms with Gasteiger partial charge in [0, 0.05) is 13.2 Å². The maximum atomic E-state index is 12.0. The third kappa shape index (κ3) is 5.23. The highest BCUT2D eigenvalue weighted by Gasteiger charge is 2.36. The van der Waals surface area contributed by atoms with E-state index in [2.05, 4.69) is 5.32 Å². The van der Waals surface area contributed by atoms with Gasteiger partial charge < -0.3 is 15.8 Å². The van der Waals surface area contributed by atoms with Crippen LogP contribution in [0.15, 0.2) is 0 Å². The van der Waals surface area contributed by atoms with E-state index < -0.39 is 5.54 Å². The molecule has 5 heteroatoms. The molecule has 4 nitrogen and oxygen atoms in total. The number of ether oxygens (including phenoxy) is 1. The summed E-state index contributed by atoms with van der Waals surface area (Å²) in [6.45, 7) is 1.44. The number of carbonyl (C=O) groups is 1. The zero-order valence-corrected chi connectivity index (χ0v) is 13.2. The fourth-order valence-electron chi connectivity index (χ4n) is 3.16. The van der Waals surface area contributed by atoms with Crippen LogP contribution in [0.25, 0.3) is 0 Å². The van der Waals surface area contributed by atoms with E-state index >= 15 is 0 Å². The lowest BCUT2D eigenvalue weighted by Crippen LogP contribution is -2.52. The van der Waals surface area contributed by atoms with E-state index in [1.54, 1.807) is 0 Å². The van der Waals surface area contributed by atoms with E-state index in [1.165, 1.54) is 32.1 Å². The summed E-state index contributed by atoms with van der Waals surface area (Å²) in [5, 5.41) is 2.96. The smallest absolute Gasteiger partial charge is 0.240 e. The second-order valence-corrected chi connectivity index (χ2v) is 6.10. The molecular formula is C15H29ClN2O2. The minimum atomic E-state index is -0.593. The third-order valence-electron chi connectivity index (χ3n) is 4.46. The Morgan fingerprint density at radius 2 is 1.80 bits per heavy atom. The van der Waals surface area contributed by atoms with Gasteiger partial charge in [-0.15, -0.1) is 12.4 Å². The lowest BCUT2D eigenvalue weighted by Gasteiger charge is -2.23. The van der Waals surface area contributed by atoms with Crippen LogP contribution < -0.4 is 11.1 Å². The van der Waals surface area contributed by atoms with Gasteiger partial charge >= 0.3 is 0 Å². The van der Waals surface area contributed by atoms with Crippen molar-refractivity contribution in [3.8, 4) is 0 Å². The topological polar surface area (TPSA) is 64.4 Å². The predicted octanol–water partition coefficient (Wildman–Crippen LogP) is 2.54. The number of amides is 1. The fourth-order valence-corrected chi connectivity index (χ4v) is 3.16. The third-order valence-corrected chi connectivity index (χ3v) is 4.46. The van der Waals surface area contributed by atoms with Gasteiger partial charge in [-0.3, -0.25) is 4.79 Å². The molecule has 0 saturated heterocycles. The summed E-state index contributed by atoms with van der Waals surface area (Å²) in [5.41, 5.74) is 5.50. The molecule has 0 bridgehead atoms. The van der Waals surface area contributed by atoms with Crippen LogP contribution in [0, 0.1) is 0 Å². The molecule has 118 valence electrons. The number of hydrogen-bond acceptors (Lipinski definition) is 3. The zero-order valence-electron chi connectivity index (χ0n) is 12.4. The Balaban J connectivity index is 0.00000200. The molecule has 0 unspecified atom stereocenters. The van der Waals surface area contributed by atoms with Crippen LogP contribution in [0.1, 0.15) is 64.2 Å². The van der Waals surface area contributed by atoms with Crippen molar-refractivity contribution in [2.45, 2.75) is 75.9 Å². The Bertz CT molecular complexity index is 288. The van der Waals surface area contributed by atoms with Crippen LogP contribution in [0.4, 0.5) is 0 Å². The van der Waals surface area contributed by atoms with Gasteiger partial charge in [-0.05, 0) is 32.1 Å². The molecule has 0 atom stereocenters. The minimum absolute atomic E-state index is 0. The van der Waals surface area contributed by atoms with E-state index in [1.807, 2.05) is 0 Å². The van der Waals surface area contributed by atoms with E-state index in [0.29, 0.717) is 12.6 Å². The lowest BCUT2D eigenvalue weighted by atomic mass is 9.98. The van der Waals surface area contributed by atoms with Crippen LogP contribution in [0.2, 0.25) is 0 Å². The average molecular weight is 305 g/mol. The van der Waals surface area contributed by atoms with Gasteiger partial charge in [-0.25, -0.2) is 0 Å². The average Bonchev–Trinajstić information content (AvgIpc) is 2.88. The monoisotopic (exact) mass is 304 g/mol. The summed E-state index contributed by atoms with van der Waals surface area (Å²) < 4.78 is 5.83. The first-order valence-electron chi connectivity index (χ1n) is 7.89. The molecule has 2 fully saturated rings. The quantitative estimate of drug-likeness (QED) is 0.741. The van der Waals surface area contributed by atoms with Gasteiger partial charge in [0.2, 0.25) is 5.91 Å². The van der Waals surface area contributed by atoms with Gasteiger partial charge in [0.25, 0.3) is 0 Å². The molecule has 0 aromatic rings. The second kappa shape index (κ2) is 8.85. The minimum Gasteiger partial charge on any atom is -0.378 e. The molecule has 2 saturated carbocycles. The Morgan fingerprint density at radius 3 is 2.45 bits per heavy atom. The molecule has 20 heavy (non-hydrogen) atoms. The molecule has 0 aromatic carbocycles. The number of nitrogens with one attached hydrogen (secondary N) is 1. The van der Waals surface area contributed by atoms with Crippen molar-refractivity contribution in [2.75, 3.05) is 13.2 Å². The van der Waals surface area contributed by atoms with Crippen LogP contribution in [-0.2, 0) is 9.53 Å². The van der Waals surface area contributed by atoms with Crippen molar-refractivity contribution in [1.82, 2.24) is 5.32 Å². The first-order valence-corrected chi connectivity index (χ1v) is 7.89. The summed E-state index contributed by atoms with van der Waals surface area (Å²) in [4.78, 5) is 12.0. The van der Waals surface area contributed by atoms with Gasteiger partial charge in [-0.2, -0.15) is 0 Å². The largest absolute Gasteiger partial charge is 0.378 e. The van der Waals surface area contributed by atoms with Gasteiger partial charge in [0.05, 0.1) is 11.6 Å². The number of hydrogen-bond donors (Lipinski definition) is 2. The van der Waals surface area contributed by atoms with Crippen molar-refractivity contribution >= 4 is 18.3 Å². The Hall–Kier alpha value is -0.320. The summed E-state index contributed by atoms with van der Waals surface area (Å²) in [6.07, 6.45) is 11.5. The number of halogens is 1. The number of carbonyl (C=O) groups excluding carboxylic acids is 1. The summed E-state index contributed by atoms with van der Waals surface area (Å²) in [5.74, 6) is 0.0302. The highest BCUT2D eigenvalue weighted by atomic mass is 35.5. The highest BCUT2D eigenvalue weighted by Crippen LogP contribution is 2.27. The highest BCUT2D eigenvalue weighted by molar-refractivity contribution is 5.86. The van der Waals surface area contributed by atoms with Crippen LogP contribution in [0.3, 0.4) is 0 Å². The van der Waals surface area contributed by atoms with E-state index in [9.17, 15) is 4.79 Å².